The van der Waals surface area contributed by atoms with E-state index in [-0.39, 0.29) is 11.9 Å². The van der Waals surface area contributed by atoms with Crippen molar-refractivity contribution in [1.29, 1.82) is 0 Å². The molecule has 20 heavy (non-hydrogen) atoms. The maximum absolute atomic E-state index is 12.3. The molecular formula is C16H20N2O2. The largest absolute Gasteiger partial charge is 0.361 e. The number of rotatable bonds is 3. The van der Waals surface area contributed by atoms with Crippen LogP contribution < -0.4 is 5.32 Å². The van der Waals surface area contributed by atoms with Gasteiger partial charge in [0, 0.05) is 0 Å². The highest BCUT2D eigenvalue weighted by Crippen LogP contribution is 2.20. The van der Waals surface area contributed by atoms with Gasteiger partial charge in [-0.25, -0.2) is 0 Å². The summed E-state index contributed by atoms with van der Waals surface area (Å²) in [5.74, 6) is 0.404. The molecule has 0 fully saturated rings. The number of hydrogen-bond acceptors (Lipinski definition) is 3. The lowest BCUT2D eigenvalue weighted by atomic mass is 10.00. The molecule has 1 aromatic carbocycles. The third-order valence-electron chi connectivity index (χ3n) is 3.50. The first-order valence-corrected chi connectivity index (χ1v) is 6.71. The molecule has 0 unspecified atom stereocenters. The predicted molar refractivity (Wildman–Crippen MR) is 77.8 cm³/mol. The van der Waals surface area contributed by atoms with Crippen LogP contribution in [0.15, 0.2) is 22.7 Å². The molecule has 0 saturated heterocycles. The SMILES string of the molecule is Cc1ccc([C@H](C)NC(=O)c2c(C)noc2C)c(C)c1. The molecule has 1 amide bonds. The lowest BCUT2D eigenvalue weighted by molar-refractivity contribution is 0.0938. The third-order valence-corrected chi connectivity index (χ3v) is 3.50. The van der Waals surface area contributed by atoms with E-state index in [4.69, 9.17) is 4.52 Å². The van der Waals surface area contributed by atoms with Gasteiger partial charge in [-0.15, -0.1) is 0 Å². The van der Waals surface area contributed by atoms with E-state index in [0.29, 0.717) is 17.0 Å². The summed E-state index contributed by atoms with van der Waals surface area (Å²) in [5.41, 5.74) is 4.66. The summed E-state index contributed by atoms with van der Waals surface area (Å²) < 4.78 is 5.03. The number of amides is 1. The molecule has 4 heteroatoms. The minimum Gasteiger partial charge on any atom is -0.361 e. The van der Waals surface area contributed by atoms with Crippen molar-refractivity contribution in [3.63, 3.8) is 0 Å². The van der Waals surface area contributed by atoms with Gasteiger partial charge >= 0.3 is 0 Å². The highest BCUT2D eigenvalue weighted by atomic mass is 16.5. The predicted octanol–water partition coefficient (Wildman–Crippen LogP) is 3.40. The second-order valence-electron chi connectivity index (χ2n) is 5.25. The number of benzene rings is 1. The molecule has 106 valence electrons. The Labute approximate surface area is 119 Å². The Kier molecular flexibility index (Phi) is 3.93. The van der Waals surface area contributed by atoms with Crippen LogP contribution in [0.2, 0.25) is 0 Å². The van der Waals surface area contributed by atoms with Crippen LogP contribution in [0.4, 0.5) is 0 Å². The van der Waals surface area contributed by atoms with Crippen LogP contribution in [0.5, 0.6) is 0 Å². The number of carbonyl (C=O) groups excluding carboxylic acids is 1. The molecule has 0 bridgehead atoms. The van der Waals surface area contributed by atoms with Crippen molar-refractivity contribution in [3.05, 3.63) is 51.9 Å². The zero-order valence-electron chi connectivity index (χ0n) is 12.6. The molecule has 0 saturated carbocycles. The van der Waals surface area contributed by atoms with Crippen molar-refractivity contribution in [2.45, 2.75) is 40.7 Å². The van der Waals surface area contributed by atoms with E-state index in [2.05, 4.69) is 42.5 Å². The quantitative estimate of drug-likeness (QED) is 0.931. The van der Waals surface area contributed by atoms with Gasteiger partial charge in [0.2, 0.25) is 0 Å². The van der Waals surface area contributed by atoms with E-state index >= 15 is 0 Å². The standard InChI is InChI=1S/C16H20N2O2/c1-9-6-7-14(10(2)8-9)11(3)17-16(19)15-12(4)18-20-13(15)5/h6-8,11H,1-5H3,(H,17,19)/t11-/m0/s1. The van der Waals surface area contributed by atoms with Gasteiger partial charge in [-0.1, -0.05) is 28.9 Å². The monoisotopic (exact) mass is 272 g/mol. The average molecular weight is 272 g/mol. The summed E-state index contributed by atoms with van der Waals surface area (Å²) in [7, 11) is 0. The van der Waals surface area contributed by atoms with E-state index in [0.717, 1.165) is 5.56 Å². The first-order valence-electron chi connectivity index (χ1n) is 6.71. The number of hydrogen-bond donors (Lipinski definition) is 1. The summed E-state index contributed by atoms with van der Waals surface area (Å²) >= 11 is 0. The maximum atomic E-state index is 12.3. The Balaban J connectivity index is 2.19. The van der Waals surface area contributed by atoms with Crippen molar-refractivity contribution < 1.29 is 9.32 Å². The summed E-state index contributed by atoms with van der Waals surface area (Å²) in [4.78, 5) is 12.3. The molecule has 0 spiro atoms. The van der Waals surface area contributed by atoms with Gasteiger partial charge in [-0.05, 0) is 45.7 Å². The van der Waals surface area contributed by atoms with Crippen molar-refractivity contribution in [2.24, 2.45) is 0 Å². The van der Waals surface area contributed by atoms with Crippen molar-refractivity contribution >= 4 is 5.91 Å². The molecule has 2 rings (SSSR count). The van der Waals surface area contributed by atoms with Crippen LogP contribution in [0.3, 0.4) is 0 Å². The minimum absolute atomic E-state index is 0.0585. The fourth-order valence-electron chi connectivity index (χ4n) is 2.47. The van der Waals surface area contributed by atoms with Gasteiger partial charge in [0.05, 0.1) is 11.7 Å². The Bertz CT molecular complexity index is 624. The molecule has 1 N–H and O–H groups in total. The summed E-state index contributed by atoms with van der Waals surface area (Å²) in [6, 6.07) is 6.18. The topological polar surface area (TPSA) is 55.1 Å². The van der Waals surface area contributed by atoms with Crippen LogP contribution in [0.25, 0.3) is 0 Å². The van der Waals surface area contributed by atoms with Crippen molar-refractivity contribution in [1.82, 2.24) is 10.5 Å². The van der Waals surface area contributed by atoms with Crippen LogP contribution >= 0.6 is 0 Å². The highest BCUT2D eigenvalue weighted by Gasteiger charge is 2.20. The van der Waals surface area contributed by atoms with Crippen molar-refractivity contribution in [2.75, 3.05) is 0 Å². The zero-order valence-corrected chi connectivity index (χ0v) is 12.6. The first-order chi connectivity index (χ1) is 9.40. The number of aromatic nitrogens is 1. The second-order valence-corrected chi connectivity index (χ2v) is 5.25. The van der Waals surface area contributed by atoms with Gasteiger partial charge in [0.25, 0.3) is 5.91 Å². The van der Waals surface area contributed by atoms with E-state index < -0.39 is 0 Å². The number of carbonyl (C=O) groups is 1. The molecule has 1 aromatic heterocycles. The van der Waals surface area contributed by atoms with E-state index in [9.17, 15) is 4.79 Å². The van der Waals surface area contributed by atoms with Gasteiger partial charge in [0.1, 0.15) is 11.3 Å². The second kappa shape index (κ2) is 5.49. The molecular weight excluding hydrogens is 252 g/mol. The van der Waals surface area contributed by atoms with Gasteiger partial charge in [-0.3, -0.25) is 4.79 Å². The van der Waals surface area contributed by atoms with Crippen molar-refractivity contribution in [3.8, 4) is 0 Å². The molecule has 0 aliphatic rings. The van der Waals surface area contributed by atoms with E-state index in [1.54, 1.807) is 13.8 Å². The number of nitrogens with one attached hydrogen (secondary N) is 1. The molecule has 1 atom stereocenters. The van der Waals surface area contributed by atoms with E-state index in [1.165, 1.54) is 11.1 Å². The lowest BCUT2D eigenvalue weighted by Gasteiger charge is -2.17. The average Bonchev–Trinajstić information content (AvgIpc) is 2.68. The Morgan fingerprint density at radius 1 is 1.25 bits per heavy atom. The molecule has 1 heterocycles. The first kappa shape index (κ1) is 14.3. The Morgan fingerprint density at radius 2 is 1.95 bits per heavy atom. The van der Waals surface area contributed by atoms with Crippen LogP contribution in [-0.4, -0.2) is 11.1 Å². The van der Waals surface area contributed by atoms with Gasteiger partial charge < -0.3 is 9.84 Å². The molecule has 0 radical (unpaired) electrons. The Hall–Kier alpha value is -2.10. The molecule has 0 aliphatic heterocycles. The van der Waals surface area contributed by atoms with Crippen LogP contribution in [-0.2, 0) is 0 Å². The number of aryl methyl sites for hydroxylation is 4. The smallest absolute Gasteiger partial charge is 0.257 e. The highest BCUT2D eigenvalue weighted by molar-refractivity contribution is 5.96. The molecule has 0 aliphatic carbocycles. The fourth-order valence-corrected chi connectivity index (χ4v) is 2.47. The normalized spacial score (nSPS) is 12.2. The Morgan fingerprint density at radius 3 is 2.50 bits per heavy atom. The fraction of sp³-hybridized carbons (Fsp3) is 0.375. The maximum Gasteiger partial charge on any atom is 0.257 e. The molecule has 4 nitrogen and oxygen atoms in total. The zero-order chi connectivity index (χ0) is 14.9. The summed E-state index contributed by atoms with van der Waals surface area (Å²) in [5, 5.41) is 6.81. The van der Waals surface area contributed by atoms with Gasteiger partial charge in [0.15, 0.2) is 0 Å². The third kappa shape index (κ3) is 2.74. The minimum atomic E-state index is -0.145. The summed E-state index contributed by atoms with van der Waals surface area (Å²) in [6.45, 7) is 9.61. The van der Waals surface area contributed by atoms with Crippen LogP contribution in [0.1, 0.15) is 51.5 Å². The van der Waals surface area contributed by atoms with Crippen LogP contribution in [0, 0.1) is 27.7 Å². The number of nitrogens with zero attached hydrogens (tertiary/aromatic N) is 1. The summed E-state index contributed by atoms with van der Waals surface area (Å²) in [6.07, 6.45) is 0. The van der Waals surface area contributed by atoms with Gasteiger partial charge in [-0.2, -0.15) is 0 Å². The lowest BCUT2D eigenvalue weighted by Crippen LogP contribution is -2.27. The molecule has 2 aromatic rings. The van der Waals surface area contributed by atoms with E-state index in [1.807, 2.05) is 6.92 Å².